The van der Waals surface area contributed by atoms with Gasteiger partial charge in [-0.05, 0) is 64.2 Å². The van der Waals surface area contributed by atoms with E-state index in [1.54, 1.807) is 6.08 Å². The van der Waals surface area contributed by atoms with Crippen molar-refractivity contribution in [3.63, 3.8) is 0 Å². The zero-order chi connectivity index (χ0) is 57.1. The van der Waals surface area contributed by atoms with Crippen LogP contribution in [-0.4, -0.2) is 47.4 Å². The standard InChI is InChI=1S/C73H139NO5/c1-3-5-7-9-11-13-15-17-19-21-22-28-31-34-37-41-45-49-53-57-61-65-71(76)70(69-75)74-72(77)66-62-58-54-50-46-42-38-35-32-29-26-24-23-25-27-30-33-36-40-44-48-52-56-60-64-68-79-73(78)67-63-59-55-51-47-43-39-20-18-16-14-12-10-8-6-4-2/h14,16,20,39,61,65,70-71,75-76H,3-13,15,17-19,21-38,40-60,62-64,66-69H2,1-2H3,(H,74,77)/b16-14-,39-20-,65-61+. The van der Waals surface area contributed by atoms with E-state index in [4.69, 9.17) is 4.74 Å². The summed E-state index contributed by atoms with van der Waals surface area (Å²) < 4.78 is 5.49. The molecule has 0 spiro atoms. The Morgan fingerprint density at radius 1 is 0.354 bits per heavy atom. The molecule has 0 aromatic rings. The van der Waals surface area contributed by atoms with Crippen LogP contribution in [0, 0.1) is 0 Å². The zero-order valence-corrected chi connectivity index (χ0v) is 53.4. The van der Waals surface area contributed by atoms with Crippen molar-refractivity contribution in [3.8, 4) is 0 Å². The largest absolute Gasteiger partial charge is 0.466 e. The van der Waals surface area contributed by atoms with Gasteiger partial charge >= 0.3 is 5.97 Å². The molecule has 466 valence electrons. The van der Waals surface area contributed by atoms with Crippen LogP contribution >= 0.6 is 0 Å². The number of hydrogen-bond donors (Lipinski definition) is 3. The SMILES string of the molecule is CCCCCC/C=C\C/C=C\CCCCCCCC(=O)OCCCCCCCCCCCCCCCCCCCCCCCCCCCC(=O)NC(CO)C(O)/C=C/CCCCCCCCCCCCCCCCCCCCC. The van der Waals surface area contributed by atoms with Gasteiger partial charge in [0.2, 0.25) is 5.91 Å². The number of ether oxygens (including phenoxy) is 1. The van der Waals surface area contributed by atoms with Crippen LogP contribution in [0.3, 0.4) is 0 Å². The van der Waals surface area contributed by atoms with Crippen LogP contribution < -0.4 is 5.32 Å². The van der Waals surface area contributed by atoms with Crippen LogP contribution in [0.25, 0.3) is 0 Å². The van der Waals surface area contributed by atoms with Crippen molar-refractivity contribution >= 4 is 11.9 Å². The second-order valence-electron chi connectivity index (χ2n) is 24.6. The molecule has 79 heavy (non-hydrogen) atoms. The van der Waals surface area contributed by atoms with Gasteiger partial charge in [0, 0.05) is 12.8 Å². The molecule has 2 unspecified atom stereocenters. The lowest BCUT2D eigenvalue weighted by Crippen LogP contribution is -2.45. The molecule has 0 aromatic carbocycles. The molecule has 0 radical (unpaired) electrons. The first-order valence-electron chi connectivity index (χ1n) is 35.8. The summed E-state index contributed by atoms with van der Waals surface area (Å²) >= 11 is 0. The number of nitrogens with one attached hydrogen (secondary N) is 1. The predicted molar refractivity (Wildman–Crippen MR) is 347 cm³/mol. The number of esters is 1. The van der Waals surface area contributed by atoms with Gasteiger partial charge in [0.15, 0.2) is 0 Å². The van der Waals surface area contributed by atoms with Gasteiger partial charge in [0.05, 0.1) is 25.4 Å². The Labute approximate surface area is 494 Å². The quantitative estimate of drug-likeness (QED) is 0.0320. The normalized spacial score (nSPS) is 12.7. The number of rotatable bonds is 67. The summed E-state index contributed by atoms with van der Waals surface area (Å²) in [6, 6.07) is -0.628. The number of carbonyl (C=O) groups is 2. The molecule has 0 fully saturated rings. The van der Waals surface area contributed by atoms with Crippen molar-refractivity contribution in [1.82, 2.24) is 5.32 Å². The average Bonchev–Trinajstić information content (AvgIpc) is 3.45. The molecule has 6 nitrogen and oxygen atoms in total. The van der Waals surface area contributed by atoms with Crippen molar-refractivity contribution < 1.29 is 24.5 Å². The second-order valence-corrected chi connectivity index (χ2v) is 24.6. The third-order valence-electron chi connectivity index (χ3n) is 16.7. The van der Waals surface area contributed by atoms with E-state index in [9.17, 15) is 19.8 Å². The second kappa shape index (κ2) is 68.6. The topological polar surface area (TPSA) is 95.9 Å². The number of amides is 1. The van der Waals surface area contributed by atoms with Crippen LogP contribution in [-0.2, 0) is 14.3 Å². The number of allylic oxidation sites excluding steroid dienone is 5. The van der Waals surface area contributed by atoms with E-state index in [-0.39, 0.29) is 18.5 Å². The molecule has 3 N–H and O–H groups in total. The van der Waals surface area contributed by atoms with Crippen molar-refractivity contribution in [2.24, 2.45) is 0 Å². The highest BCUT2D eigenvalue weighted by atomic mass is 16.5. The highest BCUT2D eigenvalue weighted by Gasteiger charge is 2.18. The van der Waals surface area contributed by atoms with E-state index in [1.807, 2.05) is 6.08 Å². The fourth-order valence-corrected chi connectivity index (χ4v) is 11.2. The minimum absolute atomic E-state index is 0.00302. The van der Waals surface area contributed by atoms with Gasteiger partial charge in [0.1, 0.15) is 0 Å². The van der Waals surface area contributed by atoms with Gasteiger partial charge in [-0.2, -0.15) is 0 Å². The van der Waals surface area contributed by atoms with Crippen LogP contribution in [0.1, 0.15) is 393 Å². The van der Waals surface area contributed by atoms with E-state index in [0.29, 0.717) is 19.4 Å². The van der Waals surface area contributed by atoms with Gasteiger partial charge < -0.3 is 20.3 Å². The van der Waals surface area contributed by atoms with E-state index < -0.39 is 12.1 Å². The van der Waals surface area contributed by atoms with E-state index in [2.05, 4.69) is 43.5 Å². The average molecular weight is 1110 g/mol. The molecule has 2 atom stereocenters. The zero-order valence-electron chi connectivity index (χ0n) is 53.4. The van der Waals surface area contributed by atoms with E-state index in [1.165, 1.54) is 315 Å². The lowest BCUT2D eigenvalue weighted by atomic mass is 10.0. The first-order valence-corrected chi connectivity index (χ1v) is 35.8. The van der Waals surface area contributed by atoms with E-state index in [0.717, 1.165) is 51.4 Å². The predicted octanol–water partition coefficient (Wildman–Crippen LogP) is 23.1. The van der Waals surface area contributed by atoms with Crippen LogP contribution in [0.2, 0.25) is 0 Å². The first kappa shape index (κ1) is 77.1. The fourth-order valence-electron chi connectivity index (χ4n) is 11.2. The molecule has 0 aromatic heterocycles. The third-order valence-corrected chi connectivity index (χ3v) is 16.7. The number of unbranched alkanes of at least 4 members (excludes halogenated alkanes) is 52. The smallest absolute Gasteiger partial charge is 0.305 e. The number of aliphatic hydroxyl groups excluding tert-OH is 2. The minimum Gasteiger partial charge on any atom is -0.466 e. The number of aliphatic hydroxyl groups is 2. The minimum atomic E-state index is -0.845. The monoisotopic (exact) mass is 1110 g/mol. The molecule has 0 heterocycles. The summed E-state index contributed by atoms with van der Waals surface area (Å²) in [6.07, 6.45) is 87.9. The van der Waals surface area contributed by atoms with Gasteiger partial charge in [-0.15, -0.1) is 0 Å². The molecular formula is C73H139NO5. The summed E-state index contributed by atoms with van der Waals surface area (Å²) in [6.45, 7) is 4.92. The summed E-state index contributed by atoms with van der Waals surface area (Å²) in [7, 11) is 0. The molecule has 0 rings (SSSR count). The maximum absolute atomic E-state index is 12.5. The summed E-state index contributed by atoms with van der Waals surface area (Å²) in [4.78, 5) is 24.6. The molecule has 0 bridgehead atoms. The van der Waals surface area contributed by atoms with Crippen LogP contribution in [0.5, 0.6) is 0 Å². The maximum atomic E-state index is 12.5. The van der Waals surface area contributed by atoms with Gasteiger partial charge in [-0.3, -0.25) is 9.59 Å². The van der Waals surface area contributed by atoms with Crippen LogP contribution in [0.4, 0.5) is 0 Å². The fraction of sp³-hybridized carbons (Fsp3) is 0.890. The Hall–Kier alpha value is -1.92. The van der Waals surface area contributed by atoms with Gasteiger partial charge in [0.25, 0.3) is 0 Å². The van der Waals surface area contributed by atoms with Crippen molar-refractivity contribution in [3.05, 3.63) is 36.5 Å². The molecule has 0 aliphatic carbocycles. The molecule has 6 heteroatoms. The molecule has 0 aliphatic heterocycles. The third kappa shape index (κ3) is 65.1. The summed E-state index contributed by atoms with van der Waals surface area (Å²) in [5.41, 5.74) is 0. The lowest BCUT2D eigenvalue weighted by Gasteiger charge is -2.20. The Balaban J connectivity index is 3.39. The summed E-state index contributed by atoms with van der Waals surface area (Å²) in [5, 5.41) is 23.3. The molecular weight excluding hydrogens is 971 g/mol. The Bertz CT molecular complexity index is 1280. The van der Waals surface area contributed by atoms with Crippen molar-refractivity contribution in [1.29, 1.82) is 0 Å². The molecule has 0 saturated heterocycles. The van der Waals surface area contributed by atoms with Crippen molar-refractivity contribution in [2.75, 3.05) is 13.2 Å². The summed E-state index contributed by atoms with van der Waals surface area (Å²) in [5.74, 6) is -0.0596. The first-order chi connectivity index (χ1) is 39.0. The molecule has 0 aliphatic rings. The van der Waals surface area contributed by atoms with E-state index >= 15 is 0 Å². The maximum Gasteiger partial charge on any atom is 0.305 e. The van der Waals surface area contributed by atoms with Gasteiger partial charge in [-0.1, -0.05) is 352 Å². The van der Waals surface area contributed by atoms with Crippen molar-refractivity contribution in [2.45, 2.75) is 405 Å². The number of hydrogen-bond acceptors (Lipinski definition) is 5. The molecule has 0 saturated carbocycles. The Morgan fingerprint density at radius 2 is 0.633 bits per heavy atom. The van der Waals surface area contributed by atoms with Gasteiger partial charge in [-0.25, -0.2) is 0 Å². The van der Waals surface area contributed by atoms with Crippen LogP contribution in [0.15, 0.2) is 36.5 Å². The Morgan fingerprint density at radius 3 is 0.975 bits per heavy atom. The highest BCUT2D eigenvalue weighted by Crippen LogP contribution is 2.19. The number of carbonyl (C=O) groups excluding carboxylic acids is 2. The highest BCUT2D eigenvalue weighted by molar-refractivity contribution is 5.76. The molecule has 1 amide bonds. The Kier molecular flexibility index (Phi) is 66.9. The lowest BCUT2D eigenvalue weighted by molar-refractivity contribution is -0.143.